The van der Waals surface area contributed by atoms with Crippen LogP contribution < -0.4 is 5.32 Å². The number of nitrogens with zero attached hydrogens (tertiary/aromatic N) is 2. The third kappa shape index (κ3) is 4.78. The molecule has 5 nitrogen and oxygen atoms in total. The van der Waals surface area contributed by atoms with E-state index in [-0.39, 0.29) is 11.2 Å². The van der Waals surface area contributed by atoms with E-state index >= 15 is 0 Å². The summed E-state index contributed by atoms with van der Waals surface area (Å²) in [5.74, 6) is 0.328. The number of anilines is 1. The van der Waals surface area contributed by atoms with Crippen LogP contribution in [0, 0.1) is 20.8 Å². The molecule has 3 aromatic rings. The Morgan fingerprint density at radius 2 is 1.85 bits per heavy atom. The molecule has 0 saturated heterocycles. The monoisotopic (exact) mass is 445 g/mol. The molecule has 1 N–H and O–H groups in total. The van der Waals surface area contributed by atoms with Gasteiger partial charge in [-0.25, -0.2) is 0 Å². The van der Waals surface area contributed by atoms with Crippen LogP contribution in [0.15, 0.2) is 50.5 Å². The largest absolute Gasteiger partial charge is 0.411 e. The average molecular weight is 446 g/mol. The maximum absolute atomic E-state index is 12.6. The van der Waals surface area contributed by atoms with Crippen molar-refractivity contribution in [2.75, 3.05) is 5.32 Å². The van der Waals surface area contributed by atoms with Gasteiger partial charge in [0.1, 0.15) is 0 Å². The number of aromatic nitrogens is 2. The standard InChI is InChI=1S/C20H20BrN3O2S/c1-11-8-12(2)17(13(3)9-11)22-18(25)14(4)27-20-24-23-19(26-20)15-6-5-7-16(21)10-15/h5-10,14H,1-4H3,(H,22,25)/t14-/m0/s1. The van der Waals surface area contributed by atoms with Gasteiger partial charge in [-0.05, 0) is 57.0 Å². The maximum atomic E-state index is 12.6. The van der Waals surface area contributed by atoms with Gasteiger partial charge < -0.3 is 9.73 Å². The second-order valence-corrected chi connectivity index (χ2v) is 8.61. The first-order valence-electron chi connectivity index (χ1n) is 8.48. The van der Waals surface area contributed by atoms with Gasteiger partial charge in [-0.3, -0.25) is 4.79 Å². The Balaban J connectivity index is 1.69. The van der Waals surface area contributed by atoms with Crippen LogP contribution in [0.2, 0.25) is 0 Å². The van der Waals surface area contributed by atoms with Crippen LogP contribution in [0.4, 0.5) is 5.69 Å². The van der Waals surface area contributed by atoms with Crippen LogP contribution in [-0.2, 0) is 4.79 Å². The van der Waals surface area contributed by atoms with Crippen LogP contribution >= 0.6 is 27.7 Å². The summed E-state index contributed by atoms with van der Waals surface area (Å²) in [5.41, 5.74) is 4.96. The van der Waals surface area contributed by atoms with Gasteiger partial charge >= 0.3 is 0 Å². The van der Waals surface area contributed by atoms with Gasteiger partial charge in [0.25, 0.3) is 5.22 Å². The zero-order valence-electron chi connectivity index (χ0n) is 15.5. The Morgan fingerprint density at radius 3 is 2.52 bits per heavy atom. The number of rotatable bonds is 5. The Hall–Kier alpha value is -2.12. The topological polar surface area (TPSA) is 68.0 Å². The Bertz CT molecular complexity index is 964. The van der Waals surface area contributed by atoms with Crippen LogP contribution in [0.25, 0.3) is 11.5 Å². The number of thioether (sulfide) groups is 1. The van der Waals surface area contributed by atoms with E-state index in [0.29, 0.717) is 11.1 Å². The summed E-state index contributed by atoms with van der Waals surface area (Å²) in [6, 6.07) is 11.7. The molecular formula is C20H20BrN3O2S. The number of nitrogens with one attached hydrogen (secondary N) is 1. The molecule has 1 amide bonds. The van der Waals surface area contributed by atoms with E-state index in [4.69, 9.17) is 4.42 Å². The van der Waals surface area contributed by atoms with E-state index in [0.717, 1.165) is 26.9 Å². The van der Waals surface area contributed by atoms with E-state index in [2.05, 4.69) is 43.6 Å². The van der Waals surface area contributed by atoms with Crippen LogP contribution in [-0.4, -0.2) is 21.4 Å². The summed E-state index contributed by atoms with van der Waals surface area (Å²) < 4.78 is 6.63. The molecule has 0 radical (unpaired) electrons. The normalized spacial score (nSPS) is 12.0. The molecule has 27 heavy (non-hydrogen) atoms. The minimum Gasteiger partial charge on any atom is -0.411 e. The number of carbonyl (C=O) groups excluding carboxylic acids is 1. The molecule has 0 saturated carbocycles. The predicted octanol–water partition coefficient (Wildman–Crippen LogP) is 5.54. The highest BCUT2D eigenvalue weighted by molar-refractivity contribution is 9.10. The lowest BCUT2D eigenvalue weighted by Crippen LogP contribution is -2.23. The third-order valence-corrected chi connectivity index (χ3v) is 5.48. The van der Waals surface area contributed by atoms with Crippen molar-refractivity contribution in [2.45, 2.75) is 38.2 Å². The quantitative estimate of drug-likeness (QED) is 0.521. The Kier molecular flexibility index (Phi) is 6.01. The summed E-state index contributed by atoms with van der Waals surface area (Å²) in [7, 11) is 0. The average Bonchev–Trinajstić information content (AvgIpc) is 3.06. The zero-order chi connectivity index (χ0) is 19.6. The van der Waals surface area contributed by atoms with E-state index < -0.39 is 0 Å². The number of aryl methyl sites for hydroxylation is 3. The first-order valence-corrected chi connectivity index (χ1v) is 10.2. The molecule has 0 spiro atoms. The number of hydrogen-bond donors (Lipinski definition) is 1. The molecule has 1 atom stereocenters. The van der Waals surface area contributed by atoms with Gasteiger partial charge in [-0.15, -0.1) is 10.2 Å². The van der Waals surface area contributed by atoms with Gasteiger partial charge in [0.05, 0.1) is 5.25 Å². The van der Waals surface area contributed by atoms with Crippen LogP contribution in [0.3, 0.4) is 0 Å². The molecule has 0 bridgehead atoms. The fourth-order valence-corrected chi connectivity index (χ4v) is 3.88. The molecule has 1 aromatic heterocycles. The Morgan fingerprint density at radius 1 is 1.15 bits per heavy atom. The minimum absolute atomic E-state index is 0.0998. The molecular weight excluding hydrogens is 426 g/mol. The summed E-state index contributed by atoms with van der Waals surface area (Å²) in [6.45, 7) is 7.86. The zero-order valence-corrected chi connectivity index (χ0v) is 17.9. The van der Waals surface area contributed by atoms with Crippen molar-refractivity contribution in [3.63, 3.8) is 0 Å². The molecule has 0 aliphatic rings. The van der Waals surface area contributed by atoms with Crippen molar-refractivity contribution >= 4 is 39.3 Å². The Labute approximate surface area is 171 Å². The lowest BCUT2D eigenvalue weighted by atomic mass is 10.1. The van der Waals surface area contributed by atoms with Crippen molar-refractivity contribution in [3.05, 3.63) is 57.6 Å². The molecule has 140 valence electrons. The van der Waals surface area contributed by atoms with Gasteiger partial charge in [0.15, 0.2) is 0 Å². The molecule has 7 heteroatoms. The molecule has 0 aliphatic carbocycles. The van der Waals surface area contributed by atoms with Crippen molar-refractivity contribution < 1.29 is 9.21 Å². The first-order chi connectivity index (χ1) is 12.8. The van der Waals surface area contributed by atoms with Gasteiger partial charge in [0, 0.05) is 15.7 Å². The van der Waals surface area contributed by atoms with Gasteiger partial charge in [-0.2, -0.15) is 0 Å². The number of carbonyl (C=O) groups is 1. The summed E-state index contributed by atoms with van der Waals surface area (Å²) in [6.07, 6.45) is 0. The predicted molar refractivity (Wildman–Crippen MR) is 112 cm³/mol. The molecule has 0 fully saturated rings. The second-order valence-electron chi connectivity index (χ2n) is 6.41. The number of amides is 1. The number of halogens is 1. The summed E-state index contributed by atoms with van der Waals surface area (Å²) in [5, 5.41) is 11.1. The van der Waals surface area contributed by atoms with E-state index in [1.165, 1.54) is 17.3 Å². The van der Waals surface area contributed by atoms with E-state index in [1.54, 1.807) is 0 Å². The second kappa shape index (κ2) is 8.27. The van der Waals surface area contributed by atoms with Crippen molar-refractivity contribution in [1.82, 2.24) is 10.2 Å². The number of benzene rings is 2. The highest BCUT2D eigenvalue weighted by atomic mass is 79.9. The van der Waals surface area contributed by atoms with Crippen LogP contribution in [0.1, 0.15) is 23.6 Å². The van der Waals surface area contributed by atoms with Crippen molar-refractivity contribution in [1.29, 1.82) is 0 Å². The smallest absolute Gasteiger partial charge is 0.277 e. The fourth-order valence-electron chi connectivity index (χ4n) is 2.80. The summed E-state index contributed by atoms with van der Waals surface area (Å²) in [4.78, 5) is 12.6. The van der Waals surface area contributed by atoms with Crippen molar-refractivity contribution in [3.8, 4) is 11.5 Å². The van der Waals surface area contributed by atoms with Gasteiger partial charge in [0.2, 0.25) is 11.8 Å². The van der Waals surface area contributed by atoms with Crippen molar-refractivity contribution in [2.24, 2.45) is 0 Å². The molecule has 0 aliphatic heterocycles. The lowest BCUT2D eigenvalue weighted by Gasteiger charge is -2.15. The van der Waals surface area contributed by atoms with Gasteiger partial charge in [-0.1, -0.05) is 51.5 Å². The van der Waals surface area contributed by atoms with Crippen LogP contribution in [0.5, 0.6) is 0 Å². The first kappa shape index (κ1) is 19.6. The molecule has 0 unspecified atom stereocenters. The maximum Gasteiger partial charge on any atom is 0.277 e. The third-order valence-electron chi connectivity index (χ3n) is 4.05. The minimum atomic E-state index is -0.374. The van der Waals surface area contributed by atoms with E-state index in [9.17, 15) is 4.79 Å². The molecule has 2 aromatic carbocycles. The molecule has 1 heterocycles. The SMILES string of the molecule is Cc1cc(C)c(NC(=O)[C@H](C)Sc2nnc(-c3cccc(Br)c3)o2)c(C)c1. The summed E-state index contributed by atoms with van der Waals surface area (Å²) >= 11 is 4.67. The number of hydrogen-bond acceptors (Lipinski definition) is 5. The molecule has 3 rings (SSSR count). The highest BCUT2D eigenvalue weighted by Gasteiger charge is 2.20. The lowest BCUT2D eigenvalue weighted by molar-refractivity contribution is -0.115. The highest BCUT2D eigenvalue weighted by Crippen LogP contribution is 2.29. The van der Waals surface area contributed by atoms with E-state index in [1.807, 2.05) is 52.0 Å². The fraction of sp³-hybridized carbons (Fsp3) is 0.250.